The normalized spacial score (nSPS) is 21.9. The molecule has 1 saturated heterocycles. The van der Waals surface area contributed by atoms with Crippen LogP contribution in [0.15, 0.2) is 42.5 Å². The first-order chi connectivity index (χ1) is 13.6. The molecule has 0 N–H and O–H groups in total. The lowest BCUT2D eigenvalue weighted by molar-refractivity contribution is 0.223. The second-order valence-corrected chi connectivity index (χ2v) is 8.41. The molecule has 0 amide bonds. The van der Waals surface area contributed by atoms with Crippen LogP contribution in [0.3, 0.4) is 0 Å². The first kappa shape index (κ1) is 17.6. The molecule has 0 aliphatic carbocycles. The van der Waals surface area contributed by atoms with Gasteiger partial charge in [0, 0.05) is 35.8 Å². The molecular formula is C25H28N2O. The molecule has 3 nitrogen and oxygen atoms in total. The molecule has 3 heteroatoms. The number of allylic oxidation sites excluding steroid dienone is 1. The van der Waals surface area contributed by atoms with Crippen LogP contribution >= 0.6 is 0 Å². The molecule has 3 heterocycles. The van der Waals surface area contributed by atoms with Crippen molar-refractivity contribution in [2.24, 2.45) is 0 Å². The van der Waals surface area contributed by atoms with E-state index in [0.717, 1.165) is 12.2 Å². The van der Waals surface area contributed by atoms with Gasteiger partial charge in [0.2, 0.25) is 0 Å². The molecule has 1 aromatic heterocycles. The number of methoxy groups -OCH3 is 1. The fraction of sp³-hybridized carbons (Fsp3) is 0.360. The molecule has 2 aliphatic rings. The third kappa shape index (κ3) is 2.61. The average Bonchev–Trinajstić information content (AvgIpc) is 3.11. The van der Waals surface area contributed by atoms with Gasteiger partial charge in [0.05, 0.1) is 12.6 Å². The zero-order chi connectivity index (χ0) is 19.4. The fourth-order valence-corrected chi connectivity index (χ4v) is 5.19. The number of ether oxygens (including phenoxy) is 1. The van der Waals surface area contributed by atoms with Gasteiger partial charge in [-0.1, -0.05) is 23.8 Å². The zero-order valence-corrected chi connectivity index (χ0v) is 17.2. The Morgan fingerprint density at radius 2 is 1.89 bits per heavy atom. The van der Waals surface area contributed by atoms with Crippen LogP contribution < -0.4 is 4.74 Å². The van der Waals surface area contributed by atoms with Gasteiger partial charge in [0.1, 0.15) is 5.75 Å². The lowest BCUT2D eigenvalue weighted by Crippen LogP contribution is -2.34. The van der Waals surface area contributed by atoms with E-state index in [4.69, 9.17) is 4.74 Å². The summed E-state index contributed by atoms with van der Waals surface area (Å²) in [6.07, 6.45) is 6.07. The minimum absolute atomic E-state index is 0.564. The van der Waals surface area contributed by atoms with E-state index in [0.29, 0.717) is 12.1 Å². The van der Waals surface area contributed by atoms with Crippen LogP contribution in [0.4, 0.5) is 0 Å². The molecule has 0 saturated carbocycles. The quantitative estimate of drug-likeness (QED) is 0.589. The standard InChI is InChI=1S/C25H28N2O/c1-16-5-11-22-21(13-16)25-23-12-8-19(26(23)3)14-24(25)27(22)15-17(2)18-6-9-20(28-4)10-7-18/h5-7,9-11,13,15,19,23H,8,12,14H2,1-4H3/b17-15+. The Kier molecular flexibility index (Phi) is 4.09. The number of benzene rings is 2. The van der Waals surface area contributed by atoms with Crippen LogP contribution in [-0.2, 0) is 6.42 Å². The number of nitrogens with zero attached hydrogens (tertiary/aromatic N) is 2. The van der Waals surface area contributed by atoms with E-state index in [-0.39, 0.29) is 0 Å². The molecule has 2 atom stereocenters. The van der Waals surface area contributed by atoms with E-state index in [1.165, 1.54) is 46.1 Å². The largest absolute Gasteiger partial charge is 0.497 e. The SMILES string of the molecule is COc1ccc(/C(C)=C/n2c3c(c4cc(C)ccc42)C2CCC(C3)N2C)cc1. The van der Waals surface area contributed by atoms with Crippen molar-refractivity contribution in [2.45, 2.75) is 45.2 Å². The molecule has 2 aromatic carbocycles. The molecule has 144 valence electrons. The number of aromatic nitrogens is 1. The van der Waals surface area contributed by atoms with E-state index >= 15 is 0 Å². The lowest BCUT2D eigenvalue weighted by atomic mass is 9.97. The Hall–Kier alpha value is -2.52. The van der Waals surface area contributed by atoms with E-state index in [2.05, 4.69) is 66.9 Å². The first-order valence-electron chi connectivity index (χ1n) is 10.2. The molecule has 0 spiro atoms. The Morgan fingerprint density at radius 3 is 2.64 bits per heavy atom. The Bertz CT molecular complexity index is 1070. The van der Waals surface area contributed by atoms with Gasteiger partial charge in [0.25, 0.3) is 0 Å². The highest BCUT2D eigenvalue weighted by atomic mass is 16.5. The number of rotatable bonds is 3. The first-order valence-corrected chi connectivity index (χ1v) is 10.2. The van der Waals surface area contributed by atoms with Crippen molar-refractivity contribution in [3.63, 3.8) is 0 Å². The molecule has 0 radical (unpaired) electrons. The molecule has 2 bridgehead atoms. The molecule has 5 rings (SSSR count). The van der Waals surface area contributed by atoms with Gasteiger partial charge in [-0.2, -0.15) is 0 Å². The van der Waals surface area contributed by atoms with Crippen LogP contribution in [-0.4, -0.2) is 29.7 Å². The van der Waals surface area contributed by atoms with E-state index in [1.54, 1.807) is 12.7 Å². The number of hydrogen-bond acceptors (Lipinski definition) is 2. The number of fused-ring (bicyclic) bond motifs is 6. The summed E-state index contributed by atoms with van der Waals surface area (Å²) in [4.78, 5) is 2.61. The van der Waals surface area contributed by atoms with Crippen LogP contribution in [0.2, 0.25) is 0 Å². The summed E-state index contributed by atoms with van der Waals surface area (Å²) >= 11 is 0. The Labute approximate surface area is 167 Å². The van der Waals surface area contributed by atoms with E-state index in [1.807, 2.05) is 12.1 Å². The summed E-state index contributed by atoms with van der Waals surface area (Å²) < 4.78 is 7.78. The summed E-state index contributed by atoms with van der Waals surface area (Å²) in [6.45, 7) is 4.41. The predicted octanol–water partition coefficient (Wildman–Crippen LogP) is 5.67. The smallest absolute Gasteiger partial charge is 0.118 e. The van der Waals surface area contributed by atoms with Crippen LogP contribution in [0, 0.1) is 6.92 Å². The van der Waals surface area contributed by atoms with Gasteiger partial charge >= 0.3 is 0 Å². The van der Waals surface area contributed by atoms with Gasteiger partial charge in [-0.05, 0) is 74.7 Å². The van der Waals surface area contributed by atoms with Crippen molar-refractivity contribution in [3.8, 4) is 5.75 Å². The summed E-state index contributed by atoms with van der Waals surface area (Å²) in [6, 6.07) is 16.5. The Balaban J connectivity index is 1.68. The van der Waals surface area contributed by atoms with Gasteiger partial charge in [-0.3, -0.25) is 4.90 Å². The maximum Gasteiger partial charge on any atom is 0.118 e. The van der Waals surface area contributed by atoms with Crippen LogP contribution in [0.25, 0.3) is 22.7 Å². The van der Waals surface area contributed by atoms with Gasteiger partial charge < -0.3 is 9.30 Å². The highest BCUT2D eigenvalue weighted by Gasteiger charge is 2.40. The van der Waals surface area contributed by atoms with Crippen molar-refractivity contribution in [1.29, 1.82) is 0 Å². The third-order valence-electron chi connectivity index (χ3n) is 6.77. The van der Waals surface area contributed by atoms with Crippen molar-refractivity contribution in [2.75, 3.05) is 14.2 Å². The molecule has 2 unspecified atom stereocenters. The van der Waals surface area contributed by atoms with E-state index < -0.39 is 0 Å². The van der Waals surface area contributed by atoms with Gasteiger partial charge in [-0.15, -0.1) is 0 Å². The molecular weight excluding hydrogens is 344 g/mol. The van der Waals surface area contributed by atoms with Crippen molar-refractivity contribution >= 4 is 22.7 Å². The molecule has 2 aliphatic heterocycles. The maximum atomic E-state index is 5.31. The average molecular weight is 373 g/mol. The lowest BCUT2D eigenvalue weighted by Gasteiger charge is -2.32. The number of likely N-dealkylation sites (N-methyl/N-ethyl adjacent to an activating group) is 1. The van der Waals surface area contributed by atoms with Crippen LogP contribution in [0.1, 0.15) is 48.2 Å². The highest BCUT2D eigenvalue weighted by molar-refractivity contribution is 5.91. The fourth-order valence-electron chi connectivity index (χ4n) is 5.19. The van der Waals surface area contributed by atoms with Gasteiger partial charge in [-0.25, -0.2) is 0 Å². The van der Waals surface area contributed by atoms with Crippen molar-refractivity contribution in [3.05, 3.63) is 64.8 Å². The number of hydrogen-bond donors (Lipinski definition) is 0. The number of aryl methyl sites for hydroxylation is 1. The van der Waals surface area contributed by atoms with E-state index in [9.17, 15) is 0 Å². The molecule has 1 fully saturated rings. The molecule has 28 heavy (non-hydrogen) atoms. The second-order valence-electron chi connectivity index (χ2n) is 8.41. The highest BCUT2D eigenvalue weighted by Crippen LogP contribution is 2.47. The summed E-state index contributed by atoms with van der Waals surface area (Å²) in [5.74, 6) is 0.899. The monoisotopic (exact) mass is 372 g/mol. The third-order valence-corrected chi connectivity index (χ3v) is 6.77. The maximum absolute atomic E-state index is 5.31. The summed E-state index contributed by atoms with van der Waals surface area (Å²) in [5.41, 5.74) is 8.26. The van der Waals surface area contributed by atoms with Crippen molar-refractivity contribution < 1.29 is 4.74 Å². The minimum atomic E-state index is 0.564. The second kappa shape index (κ2) is 6.52. The predicted molar refractivity (Wildman–Crippen MR) is 117 cm³/mol. The summed E-state index contributed by atoms with van der Waals surface area (Å²) in [5, 5.41) is 1.44. The van der Waals surface area contributed by atoms with Crippen molar-refractivity contribution in [1.82, 2.24) is 9.47 Å². The minimum Gasteiger partial charge on any atom is -0.497 e. The van der Waals surface area contributed by atoms with Crippen LogP contribution in [0.5, 0.6) is 5.75 Å². The topological polar surface area (TPSA) is 17.4 Å². The Morgan fingerprint density at radius 1 is 1.11 bits per heavy atom. The van der Waals surface area contributed by atoms with Gasteiger partial charge in [0.15, 0.2) is 0 Å². The molecule has 3 aromatic rings. The summed E-state index contributed by atoms with van der Waals surface area (Å²) in [7, 11) is 4.02. The zero-order valence-electron chi connectivity index (χ0n) is 17.2.